The molecule has 1 rings (SSSR count). The largest absolute Gasteiger partial charge is 0.324 e. The van der Waals surface area contributed by atoms with Gasteiger partial charge in [0.2, 0.25) is 0 Å². The first kappa shape index (κ1) is 10.2. The molecule has 0 radical (unpaired) electrons. The third kappa shape index (κ3) is 3.15. The Kier molecular flexibility index (Phi) is 3.90. The first-order valence-electron chi connectivity index (χ1n) is 4.92. The maximum atomic E-state index is 5.99. The van der Waals surface area contributed by atoms with Crippen molar-refractivity contribution >= 4 is 0 Å². The molecule has 1 aromatic rings. The summed E-state index contributed by atoms with van der Waals surface area (Å²) in [6.45, 7) is 4.17. The predicted molar refractivity (Wildman–Crippen MR) is 55.4 cm³/mol. The fraction of sp³-hybridized carbons (Fsp3) is 0.545. The van der Waals surface area contributed by atoms with Gasteiger partial charge in [0.05, 0.1) is 0 Å². The van der Waals surface area contributed by atoms with Crippen molar-refractivity contribution in [3.05, 3.63) is 29.6 Å². The van der Waals surface area contributed by atoms with Crippen LogP contribution in [0, 0.1) is 6.92 Å². The molecule has 2 N–H and O–H groups in total. The van der Waals surface area contributed by atoms with Gasteiger partial charge in [-0.05, 0) is 25.0 Å². The Bertz CT molecular complexity index is 241. The second-order valence-corrected chi connectivity index (χ2v) is 3.48. The maximum absolute atomic E-state index is 5.99. The van der Waals surface area contributed by atoms with Crippen LogP contribution in [0.15, 0.2) is 18.3 Å². The molecule has 0 aromatic carbocycles. The van der Waals surface area contributed by atoms with E-state index in [0.29, 0.717) is 0 Å². The van der Waals surface area contributed by atoms with E-state index in [2.05, 4.69) is 18.0 Å². The molecule has 0 aliphatic heterocycles. The zero-order valence-electron chi connectivity index (χ0n) is 8.46. The van der Waals surface area contributed by atoms with Gasteiger partial charge in [-0.3, -0.25) is 4.98 Å². The lowest BCUT2D eigenvalue weighted by molar-refractivity contribution is 0.601. The molecule has 13 heavy (non-hydrogen) atoms. The number of pyridine rings is 1. The van der Waals surface area contributed by atoms with E-state index in [1.165, 1.54) is 12.8 Å². The second kappa shape index (κ2) is 4.97. The van der Waals surface area contributed by atoms with Crippen LogP contribution in [-0.4, -0.2) is 4.98 Å². The summed E-state index contributed by atoms with van der Waals surface area (Å²) in [7, 11) is 0. The third-order valence-electron chi connectivity index (χ3n) is 2.23. The van der Waals surface area contributed by atoms with E-state index in [9.17, 15) is 0 Å². The predicted octanol–water partition coefficient (Wildman–Crippen LogP) is 2.58. The van der Waals surface area contributed by atoms with Crippen LogP contribution in [0.5, 0.6) is 0 Å². The molecular formula is C11H18N2. The Balaban J connectivity index is 2.55. The lowest BCUT2D eigenvalue weighted by Crippen LogP contribution is -2.10. The van der Waals surface area contributed by atoms with Crippen LogP contribution in [0.3, 0.4) is 0 Å². The number of unbranched alkanes of at least 4 members (excludes halogenated alkanes) is 1. The minimum Gasteiger partial charge on any atom is -0.324 e. The molecule has 0 saturated heterocycles. The summed E-state index contributed by atoms with van der Waals surface area (Å²) in [5.41, 5.74) is 8.19. The van der Waals surface area contributed by atoms with Gasteiger partial charge in [-0.25, -0.2) is 0 Å². The van der Waals surface area contributed by atoms with Crippen LogP contribution < -0.4 is 5.73 Å². The van der Waals surface area contributed by atoms with Crippen molar-refractivity contribution in [2.24, 2.45) is 5.73 Å². The molecule has 0 bridgehead atoms. The van der Waals surface area contributed by atoms with Crippen LogP contribution in [0.4, 0.5) is 0 Å². The highest BCUT2D eigenvalue weighted by Crippen LogP contribution is 2.15. The second-order valence-electron chi connectivity index (χ2n) is 3.48. The Morgan fingerprint density at radius 3 is 2.77 bits per heavy atom. The lowest BCUT2D eigenvalue weighted by atomic mass is 10.0. The van der Waals surface area contributed by atoms with Gasteiger partial charge in [0, 0.05) is 17.9 Å². The van der Waals surface area contributed by atoms with E-state index in [1.54, 1.807) is 0 Å². The number of hydrogen-bond acceptors (Lipinski definition) is 2. The Hall–Kier alpha value is -0.890. The topological polar surface area (TPSA) is 38.9 Å². The smallest absolute Gasteiger partial charge is 0.0372 e. The zero-order chi connectivity index (χ0) is 9.68. The molecule has 72 valence electrons. The SMILES string of the molecule is CCCCC(N)c1ccc(C)nc1. The summed E-state index contributed by atoms with van der Waals surface area (Å²) in [5, 5.41) is 0. The van der Waals surface area contributed by atoms with Crippen molar-refractivity contribution in [2.45, 2.75) is 39.2 Å². The van der Waals surface area contributed by atoms with Crippen molar-refractivity contribution < 1.29 is 0 Å². The van der Waals surface area contributed by atoms with E-state index in [-0.39, 0.29) is 6.04 Å². The minimum atomic E-state index is 0.160. The monoisotopic (exact) mass is 178 g/mol. The lowest BCUT2D eigenvalue weighted by Gasteiger charge is -2.10. The molecule has 0 amide bonds. The molecule has 1 heterocycles. The molecule has 1 atom stereocenters. The van der Waals surface area contributed by atoms with Crippen molar-refractivity contribution in [3.8, 4) is 0 Å². The van der Waals surface area contributed by atoms with Gasteiger partial charge in [-0.1, -0.05) is 25.8 Å². The van der Waals surface area contributed by atoms with Gasteiger partial charge in [0.15, 0.2) is 0 Å². The summed E-state index contributed by atoms with van der Waals surface area (Å²) in [6, 6.07) is 4.25. The number of nitrogens with two attached hydrogens (primary N) is 1. The molecule has 0 spiro atoms. The van der Waals surface area contributed by atoms with Gasteiger partial charge in [0.25, 0.3) is 0 Å². The molecule has 1 unspecified atom stereocenters. The van der Waals surface area contributed by atoms with Gasteiger partial charge >= 0.3 is 0 Å². The third-order valence-corrected chi connectivity index (χ3v) is 2.23. The van der Waals surface area contributed by atoms with E-state index in [0.717, 1.165) is 17.7 Å². The average molecular weight is 178 g/mol. The number of aromatic nitrogens is 1. The van der Waals surface area contributed by atoms with Crippen molar-refractivity contribution in [2.75, 3.05) is 0 Å². The molecule has 2 nitrogen and oxygen atoms in total. The van der Waals surface area contributed by atoms with Gasteiger partial charge in [-0.2, -0.15) is 0 Å². The summed E-state index contributed by atoms with van der Waals surface area (Å²) in [5.74, 6) is 0. The molecular weight excluding hydrogens is 160 g/mol. The van der Waals surface area contributed by atoms with Crippen molar-refractivity contribution in [1.82, 2.24) is 4.98 Å². The fourth-order valence-corrected chi connectivity index (χ4v) is 1.29. The highest BCUT2D eigenvalue weighted by Gasteiger charge is 2.04. The fourth-order valence-electron chi connectivity index (χ4n) is 1.29. The highest BCUT2D eigenvalue weighted by molar-refractivity contribution is 5.16. The Labute approximate surface area is 80.2 Å². The average Bonchev–Trinajstić information content (AvgIpc) is 2.15. The molecule has 0 aliphatic carbocycles. The van der Waals surface area contributed by atoms with Gasteiger partial charge < -0.3 is 5.73 Å². The normalized spacial score (nSPS) is 12.8. The van der Waals surface area contributed by atoms with Crippen LogP contribution in [-0.2, 0) is 0 Å². The summed E-state index contributed by atoms with van der Waals surface area (Å²) in [6.07, 6.45) is 5.33. The molecule has 2 heteroatoms. The number of hydrogen-bond donors (Lipinski definition) is 1. The summed E-state index contributed by atoms with van der Waals surface area (Å²) < 4.78 is 0. The number of nitrogens with zero attached hydrogens (tertiary/aromatic N) is 1. The van der Waals surface area contributed by atoms with Crippen LogP contribution >= 0.6 is 0 Å². The number of aryl methyl sites for hydroxylation is 1. The van der Waals surface area contributed by atoms with Gasteiger partial charge in [-0.15, -0.1) is 0 Å². The highest BCUT2D eigenvalue weighted by atomic mass is 14.7. The van der Waals surface area contributed by atoms with Crippen LogP contribution in [0.2, 0.25) is 0 Å². The molecule has 0 fully saturated rings. The molecule has 0 saturated carbocycles. The first-order valence-corrected chi connectivity index (χ1v) is 4.92. The standard InChI is InChI=1S/C11H18N2/c1-3-4-5-11(12)10-7-6-9(2)13-8-10/h6-8,11H,3-5,12H2,1-2H3. The maximum Gasteiger partial charge on any atom is 0.0372 e. The minimum absolute atomic E-state index is 0.160. The van der Waals surface area contributed by atoms with Crippen LogP contribution in [0.25, 0.3) is 0 Å². The zero-order valence-corrected chi connectivity index (χ0v) is 8.46. The van der Waals surface area contributed by atoms with Crippen molar-refractivity contribution in [3.63, 3.8) is 0 Å². The van der Waals surface area contributed by atoms with E-state index in [1.807, 2.05) is 19.2 Å². The summed E-state index contributed by atoms with van der Waals surface area (Å²) in [4.78, 5) is 4.23. The Morgan fingerprint density at radius 2 is 2.23 bits per heavy atom. The van der Waals surface area contributed by atoms with Gasteiger partial charge in [0.1, 0.15) is 0 Å². The van der Waals surface area contributed by atoms with Crippen molar-refractivity contribution in [1.29, 1.82) is 0 Å². The quantitative estimate of drug-likeness (QED) is 0.769. The Morgan fingerprint density at radius 1 is 1.46 bits per heavy atom. The van der Waals surface area contributed by atoms with E-state index in [4.69, 9.17) is 5.73 Å². The van der Waals surface area contributed by atoms with E-state index >= 15 is 0 Å². The van der Waals surface area contributed by atoms with Crippen LogP contribution in [0.1, 0.15) is 43.5 Å². The first-order chi connectivity index (χ1) is 6.24. The number of rotatable bonds is 4. The summed E-state index contributed by atoms with van der Waals surface area (Å²) >= 11 is 0. The van der Waals surface area contributed by atoms with E-state index < -0.39 is 0 Å². The molecule has 0 aliphatic rings. The molecule has 1 aromatic heterocycles.